The van der Waals surface area contributed by atoms with Gasteiger partial charge in [0.25, 0.3) is 0 Å². The molecule has 3 aromatic rings. The first-order valence-electron chi connectivity index (χ1n) is 10.1. The summed E-state index contributed by atoms with van der Waals surface area (Å²) in [5.41, 5.74) is 5.57. The number of benzene rings is 2. The van der Waals surface area contributed by atoms with Crippen LogP contribution in [0, 0.1) is 11.6 Å². The fraction of sp³-hybridized carbons (Fsp3) is 0.240. The molecule has 1 aromatic heterocycles. The highest BCUT2D eigenvalue weighted by atomic mass is 19.1. The summed E-state index contributed by atoms with van der Waals surface area (Å²) in [6.45, 7) is 0.846. The molecule has 4 rings (SSSR count). The van der Waals surface area contributed by atoms with E-state index >= 15 is 0 Å². The quantitative estimate of drug-likeness (QED) is 0.576. The maximum Gasteiger partial charge on any atom is 0.123 e. The Morgan fingerprint density at radius 2 is 1.55 bits per heavy atom. The molecule has 29 heavy (non-hydrogen) atoms. The van der Waals surface area contributed by atoms with E-state index in [9.17, 15) is 8.78 Å². The van der Waals surface area contributed by atoms with Gasteiger partial charge in [-0.2, -0.15) is 0 Å². The first-order chi connectivity index (χ1) is 14.2. The van der Waals surface area contributed by atoms with Crippen LogP contribution in [0.5, 0.6) is 0 Å². The fourth-order valence-corrected chi connectivity index (χ4v) is 3.85. The van der Waals surface area contributed by atoms with Crippen LogP contribution >= 0.6 is 0 Å². The Labute approximate surface area is 170 Å². The van der Waals surface area contributed by atoms with Gasteiger partial charge in [0.15, 0.2) is 0 Å². The van der Waals surface area contributed by atoms with Crippen molar-refractivity contribution < 1.29 is 8.78 Å². The number of hydrogen-bond donors (Lipinski definition) is 1. The summed E-state index contributed by atoms with van der Waals surface area (Å²) in [5.74, 6) is -0.428. The van der Waals surface area contributed by atoms with Crippen LogP contribution in [0.4, 0.5) is 8.78 Å². The Kier molecular flexibility index (Phi) is 6.11. The van der Waals surface area contributed by atoms with Crippen molar-refractivity contribution in [2.45, 2.75) is 31.7 Å². The summed E-state index contributed by atoms with van der Waals surface area (Å²) >= 11 is 0. The van der Waals surface area contributed by atoms with E-state index in [1.54, 1.807) is 12.1 Å². The maximum absolute atomic E-state index is 13.2. The average Bonchev–Trinajstić information content (AvgIpc) is 2.75. The lowest BCUT2D eigenvalue weighted by molar-refractivity contribution is 0.485. The van der Waals surface area contributed by atoms with E-state index < -0.39 is 0 Å². The number of halogens is 2. The molecular formula is C25H24F2N2. The third-order valence-corrected chi connectivity index (χ3v) is 5.43. The highest BCUT2D eigenvalue weighted by Gasteiger charge is 2.16. The highest BCUT2D eigenvalue weighted by Crippen LogP contribution is 2.25. The lowest BCUT2D eigenvalue weighted by atomic mass is 9.92. The molecule has 0 fully saturated rings. The van der Waals surface area contributed by atoms with Gasteiger partial charge < -0.3 is 5.32 Å². The molecule has 0 radical (unpaired) electrons. The Morgan fingerprint density at radius 3 is 2.28 bits per heavy atom. The molecule has 2 aromatic carbocycles. The number of aromatic nitrogens is 1. The Morgan fingerprint density at radius 1 is 0.862 bits per heavy atom. The Bertz CT molecular complexity index is 978. The molecule has 0 saturated heterocycles. The van der Waals surface area contributed by atoms with E-state index in [4.69, 9.17) is 0 Å². The van der Waals surface area contributed by atoms with Crippen molar-refractivity contribution in [1.29, 1.82) is 0 Å². The van der Waals surface area contributed by atoms with Gasteiger partial charge in [0.1, 0.15) is 11.6 Å². The van der Waals surface area contributed by atoms with Gasteiger partial charge in [0.2, 0.25) is 0 Å². The average molecular weight is 390 g/mol. The van der Waals surface area contributed by atoms with Gasteiger partial charge >= 0.3 is 0 Å². The molecule has 2 heterocycles. The number of pyridine rings is 1. The van der Waals surface area contributed by atoms with E-state index in [2.05, 4.69) is 22.4 Å². The lowest BCUT2D eigenvalue weighted by Gasteiger charge is -2.24. The van der Waals surface area contributed by atoms with Crippen molar-refractivity contribution in [3.05, 3.63) is 95.8 Å². The third-order valence-electron chi connectivity index (χ3n) is 5.43. The molecule has 0 spiro atoms. The topological polar surface area (TPSA) is 24.9 Å². The zero-order valence-corrected chi connectivity index (χ0v) is 16.2. The molecular weight excluding hydrogens is 366 g/mol. The van der Waals surface area contributed by atoms with E-state index in [1.165, 1.54) is 35.4 Å². The van der Waals surface area contributed by atoms with Crippen LogP contribution in [-0.2, 0) is 6.42 Å². The van der Waals surface area contributed by atoms with Gasteiger partial charge in [-0.3, -0.25) is 4.98 Å². The fourth-order valence-electron chi connectivity index (χ4n) is 3.85. The molecule has 4 heteroatoms. The SMILES string of the molecule is Fc1ccc(C2=CCNC(CCCc3cncc(-c4ccc(F)cc4)c3)C2)cc1. The summed E-state index contributed by atoms with van der Waals surface area (Å²) in [5, 5.41) is 3.56. The first kappa shape index (κ1) is 19.5. The predicted octanol–water partition coefficient (Wildman–Crippen LogP) is 5.80. The van der Waals surface area contributed by atoms with Crippen molar-refractivity contribution in [2.75, 3.05) is 6.54 Å². The molecule has 1 N–H and O–H groups in total. The molecule has 1 aliphatic heterocycles. The zero-order chi connectivity index (χ0) is 20.1. The molecule has 1 unspecified atom stereocenters. The predicted molar refractivity (Wildman–Crippen MR) is 113 cm³/mol. The molecule has 2 nitrogen and oxygen atoms in total. The van der Waals surface area contributed by atoms with Crippen molar-refractivity contribution >= 4 is 5.57 Å². The van der Waals surface area contributed by atoms with Gasteiger partial charge in [-0.25, -0.2) is 8.78 Å². The Hall–Kier alpha value is -2.85. The minimum Gasteiger partial charge on any atom is -0.310 e. The summed E-state index contributed by atoms with van der Waals surface area (Å²) in [6, 6.07) is 15.8. The zero-order valence-electron chi connectivity index (χ0n) is 16.2. The molecule has 0 saturated carbocycles. The minimum atomic E-state index is -0.230. The van der Waals surface area contributed by atoms with Crippen LogP contribution in [0.25, 0.3) is 16.7 Å². The van der Waals surface area contributed by atoms with Crippen molar-refractivity contribution in [3.8, 4) is 11.1 Å². The van der Waals surface area contributed by atoms with Gasteiger partial charge in [0, 0.05) is 30.5 Å². The van der Waals surface area contributed by atoms with Crippen molar-refractivity contribution in [3.63, 3.8) is 0 Å². The molecule has 0 aliphatic carbocycles. The molecule has 1 aliphatic rings. The number of rotatable bonds is 6. The van der Waals surface area contributed by atoms with Crippen molar-refractivity contribution in [1.82, 2.24) is 10.3 Å². The largest absolute Gasteiger partial charge is 0.310 e. The van der Waals surface area contributed by atoms with Gasteiger partial charge in [-0.05, 0) is 78.3 Å². The van der Waals surface area contributed by atoms with Crippen LogP contribution in [0.2, 0.25) is 0 Å². The van der Waals surface area contributed by atoms with Crippen LogP contribution < -0.4 is 5.32 Å². The highest BCUT2D eigenvalue weighted by molar-refractivity contribution is 5.67. The van der Waals surface area contributed by atoms with Crippen molar-refractivity contribution in [2.24, 2.45) is 0 Å². The van der Waals surface area contributed by atoms with E-state index in [1.807, 2.05) is 24.5 Å². The summed E-state index contributed by atoms with van der Waals surface area (Å²) in [4.78, 5) is 4.36. The summed E-state index contributed by atoms with van der Waals surface area (Å²) in [6.07, 6.45) is 9.96. The monoisotopic (exact) mass is 390 g/mol. The van der Waals surface area contributed by atoms with Crippen LogP contribution in [-0.4, -0.2) is 17.6 Å². The second-order valence-electron chi connectivity index (χ2n) is 7.53. The Balaban J connectivity index is 1.32. The molecule has 1 atom stereocenters. The summed E-state index contributed by atoms with van der Waals surface area (Å²) < 4.78 is 26.3. The molecule has 0 bridgehead atoms. The van der Waals surface area contributed by atoms with Crippen LogP contribution in [0.15, 0.2) is 73.1 Å². The number of hydrogen-bond acceptors (Lipinski definition) is 2. The smallest absolute Gasteiger partial charge is 0.123 e. The lowest BCUT2D eigenvalue weighted by Crippen LogP contribution is -2.32. The van der Waals surface area contributed by atoms with Gasteiger partial charge in [-0.15, -0.1) is 0 Å². The number of nitrogens with zero attached hydrogens (tertiary/aromatic N) is 1. The number of nitrogens with one attached hydrogen (secondary N) is 1. The first-order valence-corrected chi connectivity index (χ1v) is 10.1. The molecule has 148 valence electrons. The van der Waals surface area contributed by atoms with Crippen LogP contribution in [0.1, 0.15) is 30.4 Å². The van der Waals surface area contributed by atoms with Gasteiger partial charge in [0.05, 0.1) is 0 Å². The third kappa shape index (κ3) is 5.15. The van der Waals surface area contributed by atoms with Gasteiger partial charge in [-0.1, -0.05) is 30.3 Å². The number of aryl methyl sites for hydroxylation is 1. The maximum atomic E-state index is 13.2. The van der Waals surface area contributed by atoms with E-state index in [-0.39, 0.29) is 11.6 Å². The summed E-state index contributed by atoms with van der Waals surface area (Å²) in [7, 11) is 0. The second kappa shape index (κ2) is 9.10. The second-order valence-corrected chi connectivity index (χ2v) is 7.53. The van der Waals surface area contributed by atoms with E-state index in [0.29, 0.717) is 6.04 Å². The van der Waals surface area contributed by atoms with E-state index in [0.717, 1.165) is 48.9 Å². The standard InChI is InChI=1S/C25H24F2N2/c26-23-8-4-19(5-9-23)21-12-13-29-25(15-21)3-1-2-18-14-22(17-28-16-18)20-6-10-24(27)11-7-20/h4-12,14,16-17,25,29H,1-3,13,15H2. The van der Waals surface area contributed by atoms with Crippen LogP contribution in [0.3, 0.4) is 0 Å². The normalized spacial score (nSPS) is 16.5. The minimum absolute atomic E-state index is 0.198. The molecule has 0 amide bonds.